The first-order valence-electron chi connectivity index (χ1n) is 17.5. The fraction of sp³-hybridized carbons (Fsp3) is 0.611. The van der Waals surface area contributed by atoms with Crippen LogP contribution in [0.5, 0.6) is 0 Å². The minimum Gasteiger partial charge on any atom is -0.444 e. The van der Waals surface area contributed by atoms with Crippen molar-refractivity contribution in [2.24, 2.45) is 0 Å². The summed E-state index contributed by atoms with van der Waals surface area (Å²) in [5.74, 6) is 0. The van der Waals surface area contributed by atoms with E-state index in [-0.39, 0.29) is 22.0 Å². The Morgan fingerprint density at radius 2 is 1.10 bits per heavy atom. The molecule has 4 rings (SSSR count). The quantitative estimate of drug-likeness (QED) is 0.355. The van der Waals surface area contributed by atoms with Crippen molar-refractivity contribution in [1.82, 2.24) is 18.8 Å². The number of alkyl halides is 1. The second-order valence-electron chi connectivity index (χ2n) is 15.2. The molecule has 0 aromatic heterocycles. The normalized spacial score (nSPS) is 17.9. The second-order valence-corrected chi connectivity index (χ2v) is 18.8. The van der Waals surface area contributed by atoms with E-state index in [1.807, 2.05) is 55.4 Å². The number of amides is 2. The second kappa shape index (κ2) is 17.5. The smallest absolute Gasteiger partial charge is 0.410 e. The molecule has 2 saturated heterocycles. The molecule has 288 valence electrons. The molecule has 0 radical (unpaired) electrons. The highest BCUT2D eigenvalue weighted by atomic mass is 32.2. The Bertz CT molecular complexity index is 1650. The maximum absolute atomic E-state index is 12.9. The first-order valence-corrected chi connectivity index (χ1v) is 19.7. The van der Waals surface area contributed by atoms with Gasteiger partial charge in [0.25, 0.3) is 0 Å². The van der Waals surface area contributed by atoms with E-state index in [2.05, 4.69) is 4.72 Å². The molecule has 51 heavy (non-hydrogen) atoms. The van der Waals surface area contributed by atoms with Gasteiger partial charge in [-0.05, 0) is 105 Å². The van der Waals surface area contributed by atoms with Gasteiger partial charge in [0, 0.05) is 44.3 Å². The zero-order valence-electron chi connectivity index (χ0n) is 32.4. The summed E-state index contributed by atoms with van der Waals surface area (Å²) in [6.45, 7) is 16.6. The summed E-state index contributed by atoms with van der Waals surface area (Å²) in [5, 5.41) is 0. The molecule has 1 N–H and O–H groups in total. The molecule has 0 spiro atoms. The molecular weight excluding hydrogens is 700 g/mol. The number of sulfonamides is 2. The first-order chi connectivity index (χ1) is 23.9. The third-order valence-electron chi connectivity index (χ3n) is 8.61. The molecule has 2 aliphatic heterocycles. The van der Waals surface area contributed by atoms with E-state index in [0.29, 0.717) is 51.9 Å². The lowest BCUT2D eigenvalue weighted by Gasteiger charge is -2.44. The van der Waals surface area contributed by atoms with Crippen molar-refractivity contribution in [3.05, 3.63) is 60.7 Å². The summed E-state index contributed by atoms with van der Waals surface area (Å²) in [6, 6.07) is 16.7. The highest BCUT2D eigenvalue weighted by Crippen LogP contribution is 2.32. The molecule has 0 saturated carbocycles. The number of carbonyl (C=O) groups is 2. The number of nitrogens with one attached hydrogen (secondary N) is 1. The van der Waals surface area contributed by atoms with Crippen molar-refractivity contribution in [3.8, 4) is 0 Å². The fourth-order valence-electron chi connectivity index (χ4n) is 5.45. The number of carbonyl (C=O) groups excluding carboxylic acids is 2. The van der Waals surface area contributed by atoms with Crippen molar-refractivity contribution >= 4 is 32.2 Å². The minimum absolute atomic E-state index is 0.251. The summed E-state index contributed by atoms with van der Waals surface area (Å²) in [4.78, 5) is 28.1. The fourth-order valence-corrected chi connectivity index (χ4v) is 8.51. The number of rotatable bonds is 6. The van der Waals surface area contributed by atoms with Crippen molar-refractivity contribution in [2.75, 3.05) is 40.4 Å². The van der Waals surface area contributed by atoms with Crippen LogP contribution in [-0.4, -0.2) is 106 Å². The number of benzene rings is 2. The monoisotopic (exact) mass is 757 g/mol. The Morgan fingerprint density at radius 1 is 0.745 bits per heavy atom. The van der Waals surface area contributed by atoms with Crippen molar-refractivity contribution in [1.29, 1.82) is 0 Å². The Hall–Kier alpha value is -3.27. The van der Waals surface area contributed by atoms with Gasteiger partial charge >= 0.3 is 12.2 Å². The minimum atomic E-state index is -3.57. The molecule has 15 heteroatoms. The number of piperidine rings is 2. The third kappa shape index (κ3) is 13.0. The van der Waals surface area contributed by atoms with E-state index < -0.39 is 49.5 Å². The van der Waals surface area contributed by atoms with Crippen molar-refractivity contribution in [3.63, 3.8) is 0 Å². The average molecular weight is 758 g/mol. The van der Waals surface area contributed by atoms with E-state index in [9.17, 15) is 30.8 Å². The van der Waals surface area contributed by atoms with E-state index in [0.717, 1.165) is 0 Å². The SMILES string of the molecule is CC1(NS(=O)(=O)c2ccccc2)CCN(C(=O)OC(C)(C)C)CC1.CN(C1(C)CCN(C(=O)OC(C)(C)C)CC1)S(=O)(=O)c1ccccc1.[2H]CF. The summed E-state index contributed by atoms with van der Waals surface area (Å²) in [6.07, 6.45) is 1.51. The predicted octanol–water partition coefficient (Wildman–Crippen LogP) is 6.44. The maximum atomic E-state index is 12.9. The molecule has 2 fully saturated rings. The number of likely N-dealkylation sites (tertiary alicyclic amines) is 2. The summed E-state index contributed by atoms with van der Waals surface area (Å²) >= 11 is 0. The summed E-state index contributed by atoms with van der Waals surface area (Å²) in [5.41, 5.74) is -2.18. The Labute approximate surface area is 306 Å². The van der Waals surface area contributed by atoms with Crippen molar-refractivity contribution < 1.29 is 41.7 Å². The van der Waals surface area contributed by atoms with Gasteiger partial charge < -0.3 is 19.3 Å². The molecule has 2 amide bonds. The van der Waals surface area contributed by atoms with Gasteiger partial charge in [-0.2, -0.15) is 4.31 Å². The van der Waals surface area contributed by atoms with Crippen LogP contribution in [0.3, 0.4) is 0 Å². The molecule has 2 aromatic rings. The first kappa shape index (κ1) is 42.1. The van der Waals surface area contributed by atoms with Gasteiger partial charge in [0.1, 0.15) is 11.2 Å². The number of ether oxygens (including phenoxy) is 2. The van der Waals surface area contributed by atoms with Crippen LogP contribution in [0, 0.1) is 0 Å². The molecule has 0 aliphatic carbocycles. The third-order valence-corrected chi connectivity index (χ3v) is 12.3. The molecule has 0 bridgehead atoms. The zero-order valence-corrected chi connectivity index (χ0v) is 33.1. The van der Waals surface area contributed by atoms with Gasteiger partial charge in [-0.3, -0.25) is 4.39 Å². The summed E-state index contributed by atoms with van der Waals surface area (Å²) < 4.78 is 81.2. The van der Waals surface area contributed by atoms with Crippen LogP contribution in [0.25, 0.3) is 0 Å². The molecule has 2 aromatic carbocycles. The lowest BCUT2D eigenvalue weighted by Crippen LogP contribution is -2.55. The van der Waals surface area contributed by atoms with Gasteiger partial charge in [0.15, 0.2) is 0 Å². The van der Waals surface area contributed by atoms with Crippen LogP contribution in [-0.2, 0) is 29.5 Å². The lowest BCUT2D eigenvalue weighted by atomic mass is 9.90. The molecule has 0 atom stereocenters. The Kier molecular flexibility index (Phi) is 14.5. The number of halogens is 1. The molecule has 2 heterocycles. The van der Waals surface area contributed by atoms with Gasteiger partial charge in [0.05, 0.1) is 18.3 Å². The van der Waals surface area contributed by atoms with Gasteiger partial charge in [0.2, 0.25) is 20.0 Å². The average Bonchev–Trinajstić information content (AvgIpc) is 3.04. The standard InChI is InChI=1S/C18H28N2O4S.C17H26N2O4S.CH3F/c1-17(2,3)24-16(21)20-13-11-18(4,12-14-20)19(5)25(22,23)15-9-7-6-8-10-15;1-16(2,3)23-15(20)19-12-10-17(4,11-13-19)18-24(21,22)14-8-6-5-7-9-14;1-2/h6-10H,11-14H2,1-5H3;5-9,18H,10-13H2,1-4H3;1H3/i;;1D. The Morgan fingerprint density at radius 3 is 1.47 bits per heavy atom. The van der Waals surface area contributed by atoms with E-state index in [1.54, 1.807) is 77.5 Å². The van der Waals surface area contributed by atoms with Crippen LogP contribution < -0.4 is 4.72 Å². The van der Waals surface area contributed by atoms with Gasteiger partial charge in [-0.1, -0.05) is 36.4 Å². The highest BCUT2D eigenvalue weighted by Gasteiger charge is 2.42. The number of nitrogens with zero attached hydrogens (tertiary/aromatic N) is 3. The molecule has 2 aliphatic rings. The van der Waals surface area contributed by atoms with Crippen molar-refractivity contribution in [2.45, 2.75) is 113 Å². The van der Waals surface area contributed by atoms with E-state index >= 15 is 0 Å². The molecule has 0 unspecified atom stereocenters. The van der Waals surface area contributed by atoms with Crippen LogP contribution in [0.4, 0.5) is 14.0 Å². The van der Waals surface area contributed by atoms with E-state index in [4.69, 9.17) is 10.8 Å². The molecular formula is C36H57FN4O8S2. The van der Waals surface area contributed by atoms with Gasteiger partial charge in [-0.15, -0.1) is 0 Å². The van der Waals surface area contributed by atoms with Crippen LogP contribution in [0.1, 0.15) is 82.4 Å². The Balaban J connectivity index is 0.000000335. The predicted molar refractivity (Wildman–Crippen MR) is 196 cm³/mol. The van der Waals surface area contributed by atoms with Gasteiger partial charge in [-0.25, -0.2) is 31.1 Å². The topological polar surface area (TPSA) is 143 Å². The van der Waals surface area contributed by atoms with E-state index in [1.165, 1.54) is 4.31 Å². The number of hydrogen-bond acceptors (Lipinski definition) is 8. The van der Waals surface area contributed by atoms with Crippen LogP contribution in [0.2, 0.25) is 0 Å². The summed E-state index contributed by atoms with van der Waals surface area (Å²) in [7, 11) is -6.52. The highest BCUT2D eigenvalue weighted by molar-refractivity contribution is 7.89. The maximum Gasteiger partial charge on any atom is 0.410 e. The zero-order chi connectivity index (χ0) is 39.6. The molecule has 12 nitrogen and oxygen atoms in total. The number of hydrogen-bond donors (Lipinski definition) is 1. The largest absolute Gasteiger partial charge is 0.444 e. The van der Waals surface area contributed by atoms with Crippen LogP contribution in [0.15, 0.2) is 70.5 Å². The lowest BCUT2D eigenvalue weighted by molar-refractivity contribution is 0.0114. The van der Waals surface area contributed by atoms with Crippen LogP contribution >= 0.6 is 0 Å².